The summed E-state index contributed by atoms with van der Waals surface area (Å²) in [6.45, 7) is 1.98. The highest BCUT2D eigenvalue weighted by Gasteiger charge is 2.16. The van der Waals surface area contributed by atoms with Gasteiger partial charge in [-0.15, -0.1) is 0 Å². The Labute approximate surface area is 142 Å². The first kappa shape index (κ1) is 13.8. The van der Waals surface area contributed by atoms with Crippen molar-refractivity contribution in [3.63, 3.8) is 0 Å². The summed E-state index contributed by atoms with van der Waals surface area (Å²) in [4.78, 5) is 16.4. The first-order chi connectivity index (χ1) is 12.2. The van der Waals surface area contributed by atoms with Gasteiger partial charge in [0.2, 0.25) is 0 Å². The third-order valence-electron chi connectivity index (χ3n) is 4.26. The Kier molecular flexibility index (Phi) is 2.75. The number of hydrogen-bond acceptors (Lipinski definition) is 5. The van der Waals surface area contributed by atoms with Crippen LogP contribution in [0.2, 0.25) is 0 Å². The van der Waals surface area contributed by atoms with Crippen LogP contribution >= 0.6 is 0 Å². The number of aromatic amines is 1. The molecule has 122 valence electrons. The van der Waals surface area contributed by atoms with E-state index < -0.39 is 0 Å². The normalized spacial score (nSPS) is 11.6. The summed E-state index contributed by atoms with van der Waals surface area (Å²) in [5, 5.41) is 9.91. The molecule has 0 unspecified atom stereocenters. The van der Waals surface area contributed by atoms with Crippen molar-refractivity contribution < 1.29 is 0 Å². The van der Waals surface area contributed by atoms with Gasteiger partial charge in [-0.2, -0.15) is 10.2 Å². The van der Waals surface area contributed by atoms with Gasteiger partial charge in [0.15, 0.2) is 5.65 Å². The second-order valence-corrected chi connectivity index (χ2v) is 5.94. The van der Waals surface area contributed by atoms with Gasteiger partial charge in [0.05, 0.1) is 34.9 Å². The summed E-state index contributed by atoms with van der Waals surface area (Å²) in [7, 11) is 1.89. The van der Waals surface area contributed by atoms with E-state index in [4.69, 9.17) is 5.10 Å². The van der Waals surface area contributed by atoms with Crippen LogP contribution in [0.5, 0.6) is 0 Å². The van der Waals surface area contributed by atoms with Gasteiger partial charge < -0.3 is 4.98 Å². The first-order valence-corrected chi connectivity index (χ1v) is 7.83. The molecule has 0 saturated carbocycles. The number of rotatable bonds is 2. The molecular weight excluding hydrogens is 316 g/mol. The number of hydrogen-bond donors (Lipinski definition) is 1. The maximum atomic E-state index is 4.73. The molecule has 5 rings (SSSR count). The standard InChI is InChI=1S/C17H14N8/c1-10-5-18-14-4-3-13(23-25(10)14)12-7-19-17-15(12)16(20-9-21-17)11-6-22-24(2)8-11/h3-9H,1-2H3,(H,19,20,21). The SMILES string of the molecule is Cc1cnc2ccc(-c3c[nH]c4ncnc(-c5cnn(C)c5)c34)nn12. The predicted molar refractivity (Wildman–Crippen MR) is 92.8 cm³/mol. The van der Waals surface area contributed by atoms with Crippen LogP contribution in [0.3, 0.4) is 0 Å². The molecule has 0 aliphatic rings. The van der Waals surface area contributed by atoms with Gasteiger partial charge in [0, 0.05) is 30.6 Å². The third kappa shape index (κ3) is 2.04. The number of imidazole rings is 1. The third-order valence-corrected chi connectivity index (χ3v) is 4.26. The molecular formula is C17H14N8. The smallest absolute Gasteiger partial charge is 0.153 e. The van der Waals surface area contributed by atoms with E-state index in [2.05, 4.69) is 25.0 Å². The second-order valence-electron chi connectivity index (χ2n) is 5.94. The van der Waals surface area contributed by atoms with Gasteiger partial charge in [0.1, 0.15) is 12.0 Å². The molecule has 0 bridgehead atoms. The van der Waals surface area contributed by atoms with Crippen molar-refractivity contribution in [3.05, 3.63) is 48.9 Å². The largest absolute Gasteiger partial charge is 0.345 e. The van der Waals surface area contributed by atoms with Crippen molar-refractivity contribution in [2.75, 3.05) is 0 Å². The van der Waals surface area contributed by atoms with E-state index in [0.717, 1.165) is 44.9 Å². The summed E-state index contributed by atoms with van der Waals surface area (Å²) in [5.74, 6) is 0. The average Bonchev–Trinajstić information content (AvgIpc) is 3.33. The zero-order valence-corrected chi connectivity index (χ0v) is 13.7. The lowest BCUT2D eigenvalue weighted by Crippen LogP contribution is -1.96. The minimum Gasteiger partial charge on any atom is -0.345 e. The highest BCUT2D eigenvalue weighted by atomic mass is 15.3. The van der Waals surface area contributed by atoms with Crippen molar-refractivity contribution in [1.29, 1.82) is 0 Å². The summed E-state index contributed by atoms with van der Waals surface area (Å²) < 4.78 is 3.59. The van der Waals surface area contributed by atoms with Crippen molar-refractivity contribution >= 4 is 16.7 Å². The number of H-pyrrole nitrogens is 1. The van der Waals surface area contributed by atoms with Gasteiger partial charge in [-0.3, -0.25) is 4.68 Å². The van der Waals surface area contributed by atoms with Gasteiger partial charge >= 0.3 is 0 Å². The average molecular weight is 330 g/mol. The molecule has 5 aromatic rings. The Hall–Kier alpha value is -3.55. The fraction of sp³-hybridized carbons (Fsp3) is 0.118. The maximum absolute atomic E-state index is 4.73. The number of aryl methyl sites for hydroxylation is 2. The fourth-order valence-corrected chi connectivity index (χ4v) is 3.06. The van der Waals surface area contributed by atoms with Crippen LogP contribution in [0.25, 0.3) is 39.2 Å². The summed E-state index contributed by atoms with van der Waals surface area (Å²) >= 11 is 0. The van der Waals surface area contributed by atoms with Crippen LogP contribution in [-0.4, -0.2) is 39.3 Å². The van der Waals surface area contributed by atoms with E-state index in [1.165, 1.54) is 0 Å². The summed E-state index contributed by atoms with van der Waals surface area (Å²) in [6, 6.07) is 3.92. The molecule has 0 aliphatic heterocycles. The predicted octanol–water partition coefficient (Wildman–Crippen LogP) is 2.38. The molecule has 0 spiro atoms. The molecule has 5 heterocycles. The molecule has 25 heavy (non-hydrogen) atoms. The van der Waals surface area contributed by atoms with Crippen molar-refractivity contribution in [2.45, 2.75) is 6.92 Å². The molecule has 0 atom stereocenters. The molecule has 5 aromatic heterocycles. The molecule has 0 aliphatic carbocycles. The van der Waals surface area contributed by atoms with E-state index in [0.29, 0.717) is 0 Å². The highest BCUT2D eigenvalue weighted by Crippen LogP contribution is 2.33. The Morgan fingerprint density at radius 1 is 1.08 bits per heavy atom. The van der Waals surface area contributed by atoms with Crippen molar-refractivity contribution in [3.8, 4) is 22.5 Å². The van der Waals surface area contributed by atoms with E-state index in [9.17, 15) is 0 Å². The minimum atomic E-state index is 0.771. The highest BCUT2D eigenvalue weighted by molar-refractivity contribution is 6.01. The second kappa shape index (κ2) is 4.97. The lowest BCUT2D eigenvalue weighted by atomic mass is 10.1. The van der Waals surface area contributed by atoms with Crippen LogP contribution in [0.15, 0.2) is 43.2 Å². The monoisotopic (exact) mass is 330 g/mol. The Bertz CT molecular complexity index is 1230. The van der Waals surface area contributed by atoms with Crippen LogP contribution in [0, 0.1) is 6.92 Å². The number of aromatic nitrogens is 8. The molecule has 0 radical (unpaired) electrons. The molecule has 0 saturated heterocycles. The van der Waals surface area contributed by atoms with Crippen LogP contribution in [-0.2, 0) is 7.05 Å². The zero-order chi connectivity index (χ0) is 17.0. The number of nitrogens with zero attached hydrogens (tertiary/aromatic N) is 7. The van der Waals surface area contributed by atoms with Gasteiger partial charge in [0.25, 0.3) is 0 Å². The van der Waals surface area contributed by atoms with Crippen LogP contribution in [0.4, 0.5) is 0 Å². The number of nitrogens with one attached hydrogen (secondary N) is 1. The Balaban J connectivity index is 1.79. The molecule has 1 N–H and O–H groups in total. The molecule has 0 amide bonds. The van der Waals surface area contributed by atoms with E-state index in [-0.39, 0.29) is 0 Å². The first-order valence-electron chi connectivity index (χ1n) is 7.83. The van der Waals surface area contributed by atoms with Crippen molar-refractivity contribution in [2.24, 2.45) is 7.05 Å². The lowest BCUT2D eigenvalue weighted by molar-refractivity contribution is 0.768. The van der Waals surface area contributed by atoms with Gasteiger partial charge in [-0.25, -0.2) is 19.5 Å². The summed E-state index contributed by atoms with van der Waals surface area (Å²) in [6.07, 6.45) is 9.02. The van der Waals surface area contributed by atoms with Gasteiger partial charge in [-0.1, -0.05) is 0 Å². The number of fused-ring (bicyclic) bond motifs is 2. The molecule has 0 fully saturated rings. The Morgan fingerprint density at radius 2 is 2.00 bits per heavy atom. The zero-order valence-electron chi connectivity index (χ0n) is 13.7. The van der Waals surface area contributed by atoms with Gasteiger partial charge in [-0.05, 0) is 19.1 Å². The van der Waals surface area contributed by atoms with E-state index in [1.54, 1.807) is 17.2 Å². The minimum absolute atomic E-state index is 0.771. The molecule has 8 nitrogen and oxygen atoms in total. The van der Waals surface area contributed by atoms with Crippen LogP contribution < -0.4 is 0 Å². The van der Waals surface area contributed by atoms with E-state index in [1.807, 2.05) is 49.2 Å². The molecule has 8 heteroatoms. The Morgan fingerprint density at radius 3 is 2.84 bits per heavy atom. The van der Waals surface area contributed by atoms with E-state index >= 15 is 0 Å². The quantitative estimate of drug-likeness (QED) is 0.537. The maximum Gasteiger partial charge on any atom is 0.153 e. The topological polar surface area (TPSA) is 89.6 Å². The lowest BCUT2D eigenvalue weighted by Gasteiger charge is -2.04. The summed E-state index contributed by atoms with van der Waals surface area (Å²) in [5.41, 5.74) is 6.14. The molecule has 0 aromatic carbocycles. The fourth-order valence-electron chi connectivity index (χ4n) is 3.06. The van der Waals surface area contributed by atoms with Crippen LogP contribution in [0.1, 0.15) is 5.69 Å². The van der Waals surface area contributed by atoms with Crippen molar-refractivity contribution in [1.82, 2.24) is 39.3 Å².